The minimum atomic E-state index is -0.468. The smallest absolute Gasteiger partial charge is 0.257 e. The van der Waals surface area contributed by atoms with Crippen molar-refractivity contribution in [3.63, 3.8) is 0 Å². The maximum atomic E-state index is 13.5. The van der Waals surface area contributed by atoms with Gasteiger partial charge in [0.15, 0.2) is 0 Å². The summed E-state index contributed by atoms with van der Waals surface area (Å²) in [6.07, 6.45) is 2.37. The molecule has 1 aromatic carbocycles. The second kappa shape index (κ2) is 8.83. The van der Waals surface area contributed by atoms with Gasteiger partial charge in [-0.15, -0.1) is 0 Å². The van der Waals surface area contributed by atoms with Gasteiger partial charge in [-0.05, 0) is 37.5 Å². The van der Waals surface area contributed by atoms with Gasteiger partial charge in [0.05, 0.1) is 12.7 Å². The lowest BCUT2D eigenvalue weighted by molar-refractivity contribution is -0.135. The zero-order valence-electron chi connectivity index (χ0n) is 15.3. The van der Waals surface area contributed by atoms with Crippen LogP contribution in [-0.4, -0.2) is 54.9 Å². The van der Waals surface area contributed by atoms with Crippen molar-refractivity contribution in [2.24, 2.45) is 5.92 Å². The lowest BCUT2D eigenvalue weighted by atomic mass is 10.0. The summed E-state index contributed by atoms with van der Waals surface area (Å²) in [7, 11) is 1.46. The van der Waals surface area contributed by atoms with E-state index in [9.17, 15) is 14.0 Å². The first-order valence-electron chi connectivity index (χ1n) is 8.93. The van der Waals surface area contributed by atoms with Gasteiger partial charge in [-0.3, -0.25) is 9.59 Å². The molecule has 6 heteroatoms. The number of amides is 2. The number of ether oxygens (including phenoxy) is 1. The van der Waals surface area contributed by atoms with Gasteiger partial charge in [-0.2, -0.15) is 0 Å². The Balaban J connectivity index is 2.09. The Morgan fingerprint density at radius 3 is 2.40 bits per heavy atom. The maximum absolute atomic E-state index is 13.5. The van der Waals surface area contributed by atoms with Crippen molar-refractivity contribution in [3.05, 3.63) is 29.6 Å². The number of halogens is 1. The number of hydrogen-bond acceptors (Lipinski definition) is 3. The fourth-order valence-corrected chi connectivity index (χ4v) is 3.25. The van der Waals surface area contributed by atoms with Crippen LogP contribution in [0.25, 0.3) is 0 Å². The van der Waals surface area contributed by atoms with E-state index in [1.54, 1.807) is 4.90 Å². The topological polar surface area (TPSA) is 49.9 Å². The molecule has 25 heavy (non-hydrogen) atoms. The number of carbonyl (C=O) groups is 2. The van der Waals surface area contributed by atoms with Crippen LogP contribution in [-0.2, 0) is 4.79 Å². The molecule has 2 rings (SSSR count). The van der Waals surface area contributed by atoms with Crippen LogP contribution in [0.2, 0.25) is 0 Å². The number of carbonyl (C=O) groups excluding carboxylic acids is 2. The molecule has 1 aliphatic rings. The summed E-state index contributed by atoms with van der Waals surface area (Å²) in [5, 5.41) is 0. The van der Waals surface area contributed by atoms with Crippen molar-refractivity contribution in [1.82, 2.24) is 9.80 Å². The third-order valence-corrected chi connectivity index (χ3v) is 4.82. The molecule has 0 N–H and O–H groups in total. The van der Waals surface area contributed by atoms with Gasteiger partial charge in [0.2, 0.25) is 5.91 Å². The molecule has 5 nitrogen and oxygen atoms in total. The summed E-state index contributed by atoms with van der Waals surface area (Å²) in [6, 6.07) is 3.94. The van der Waals surface area contributed by atoms with Crippen molar-refractivity contribution < 1.29 is 18.7 Å². The van der Waals surface area contributed by atoms with Gasteiger partial charge < -0.3 is 14.5 Å². The molecule has 0 aliphatic carbocycles. The van der Waals surface area contributed by atoms with E-state index in [2.05, 4.69) is 0 Å². The lowest BCUT2D eigenvalue weighted by Crippen LogP contribution is -2.39. The second-order valence-electron chi connectivity index (χ2n) is 6.33. The standard InChI is InChI=1S/C19H27FN2O3/c1-4-14(5-2)18(23)21-9-6-10-22(12-11-21)19(24)16-13-15(20)7-8-17(16)25-3/h7-8,13-14H,4-6,9-12H2,1-3H3. The molecule has 138 valence electrons. The molecule has 1 heterocycles. The van der Waals surface area contributed by atoms with E-state index in [0.717, 1.165) is 19.3 Å². The van der Waals surface area contributed by atoms with E-state index in [1.165, 1.54) is 25.3 Å². The van der Waals surface area contributed by atoms with Gasteiger partial charge in [-0.25, -0.2) is 4.39 Å². The van der Waals surface area contributed by atoms with E-state index in [-0.39, 0.29) is 23.3 Å². The molecule has 0 aromatic heterocycles. The number of methoxy groups -OCH3 is 1. The summed E-state index contributed by atoms with van der Waals surface area (Å²) in [6.45, 7) is 6.21. The van der Waals surface area contributed by atoms with Crippen LogP contribution in [0.1, 0.15) is 43.5 Å². The summed E-state index contributed by atoms with van der Waals surface area (Å²) in [4.78, 5) is 28.9. The summed E-state index contributed by atoms with van der Waals surface area (Å²) in [5.74, 6) is -0.147. The Labute approximate surface area is 148 Å². The molecule has 0 spiro atoms. The highest BCUT2D eigenvalue weighted by Gasteiger charge is 2.27. The highest BCUT2D eigenvalue weighted by molar-refractivity contribution is 5.97. The molecule has 0 bridgehead atoms. The van der Waals surface area contributed by atoms with Gasteiger partial charge in [0.25, 0.3) is 5.91 Å². The summed E-state index contributed by atoms with van der Waals surface area (Å²) in [5.41, 5.74) is 0.224. The zero-order valence-corrected chi connectivity index (χ0v) is 15.3. The van der Waals surface area contributed by atoms with Crippen molar-refractivity contribution in [1.29, 1.82) is 0 Å². The second-order valence-corrected chi connectivity index (χ2v) is 6.33. The van der Waals surface area contributed by atoms with Gasteiger partial charge in [0.1, 0.15) is 11.6 Å². The Morgan fingerprint density at radius 1 is 1.12 bits per heavy atom. The van der Waals surface area contributed by atoms with Gasteiger partial charge in [-0.1, -0.05) is 13.8 Å². The van der Waals surface area contributed by atoms with E-state index in [0.29, 0.717) is 31.9 Å². The first kappa shape index (κ1) is 19.2. The maximum Gasteiger partial charge on any atom is 0.257 e. The largest absolute Gasteiger partial charge is 0.496 e. The molecule has 0 radical (unpaired) electrons. The normalized spacial score (nSPS) is 15.2. The van der Waals surface area contributed by atoms with Crippen molar-refractivity contribution in [2.45, 2.75) is 33.1 Å². The molecule has 1 fully saturated rings. The molecule has 1 saturated heterocycles. The molecule has 0 saturated carbocycles. The molecule has 0 unspecified atom stereocenters. The van der Waals surface area contributed by atoms with Crippen LogP contribution >= 0.6 is 0 Å². The van der Waals surface area contributed by atoms with E-state index >= 15 is 0 Å². The molecular formula is C19H27FN2O3. The van der Waals surface area contributed by atoms with Gasteiger partial charge >= 0.3 is 0 Å². The third kappa shape index (κ3) is 4.50. The first-order valence-corrected chi connectivity index (χ1v) is 8.93. The van der Waals surface area contributed by atoms with Crippen LogP contribution in [0.15, 0.2) is 18.2 Å². The molecule has 1 aromatic rings. The minimum absolute atomic E-state index is 0.0468. The van der Waals surface area contributed by atoms with Crippen LogP contribution in [0.5, 0.6) is 5.75 Å². The summed E-state index contributed by atoms with van der Waals surface area (Å²) >= 11 is 0. The predicted molar refractivity (Wildman–Crippen MR) is 94.1 cm³/mol. The van der Waals surface area contributed by atoms with Crippen LogP contribution in [0.3, 0.4) is 0 Å². The van der Waals surface area contributed by atoms with Crippen molar-refractivity contribution >= 4 is 11.8 Å². The SMILES string of the molecule is CCC(CC)C(=O)N1CCCN(C(=O)c2cc(F)ccc2OC)CC1. The van der Waals surface area contributed by atoms with E-state index < -0.39 is 5.82 Å². The lowest BCUT2D eigenvalue weighted by Gasteiger charge is -2.25. The third-order valence-electron chi connectivity index (χ3n) is 4.82. The highest BCUT2D eigenvalue weighted by atomic mass is 19.1. The Kier molecular flexibility index (Phi) is 6.79. The Bertz CT molecular complexity index is 617. The van der Waals surface area contributed by atoms with Crippen LogP contribution < -0.4 is 4.74 Å². The summed E-state index contributed by atoms with van der Waals surface area (Å²) < 4.78 is 18.7. The molecule has 0 atom stereocenters. The van der Waals surface area contributed by atoms with E-state index in [1.807, 2.05) is 18.7 Å². The first-order chi connectivity index (χ1) is 12.0. The molecular weight excluding hydrogens is 323 g/mol. The van der Waals surface area contributed by atoms with E-state index in [4.69, 9.17) is 4.74 Å². The fraction of sp³-hybridized carbons (Fsp3) is 0.579. The number of rotatable bonds is 5. The van der Waals surface area contributed by atoms with Crippen LogP contribution in [0.4, 0.5) is 4.39 Å². The fourth-order valence-electron chi connectivity index (χ4n) is 3.25. The monoisotopic (exact) mass is 350 g/mol. The van der Waals surface area contributed by atoms with Crippen molar-refractivity contribution in [3.8, 4) is 5.75 Å². The quantitative estimate of drug-likeness (QED) is 0.820. The van der Waals surface area contributed by atoms with Crippen molar-refractivity contribution in [2.75, 3.05) is 33.3 Å². The average molecular weight is 350 g/mol. The van der Waals surface area contributed by atoms with Crippen LogP contribution in [0, 0.1) is 11.7 Å². The molecule has 1 aliphatic heterocycles. The average Bonchev–Trinajstić information content (AvgIpc) is 2.88. The number of nitrogens with zero attached hydrogens (tertiary/aromatic N) is 2. The number of hydrogen-bond donors (Lipinski definition) is 0. The molecule has 2 amide bonds. The highest BCUT2D eigenvalue weighted by Crippen LogP contribution is 2.22. The Morgan fingerprint density at radius 2 is 1.76 bits per heavy atom. The predicted octanol–water partition coefficient (Wildman–Crippen LogP) is 2.95. The number of benzene rings is 1. The van der Waals surface area contributed by atoms with Gasteiger partial charge in [0, 0.05) is 32.1 Å². The minimum Gasteiger partial charge on any atom is -0.496 e. The zero-order chi connectivity index (χ0) is 18.4. The Hall–Kier alpha value is -2.11.